The van der Waals surface area contributed by atoms with Crippen LogP contribution >= 0.6 is 0 Å². The van der Waals surface area contributed by atoms with Gasteiger partial charge in [-0.1, -0.05) is 12.1 Å². The zero-order valence-corrected chi connectivity index (χ0v) is 16.9. The fraction of sp³-hybridized carbons (Fsp3) is 0.174. The van der Waals surface area contributed by atoms with Crippen molar-refractivity contribution >= 4 is 21.9 Å². The lowest BCUT2D eigenvalue weighted by molar-refractivity contribution is 0.354. The van der Waals surface area contributed by atoms with Gasteiger partial charge in [-0.15, -0.1) is 0 Å². The van der Waals surface area contributed by atoms with Crippen LogP contribution in [0.5, 0.6) is 23.0 Å². The SMILES string of the molecule is COc1ccc2c(=O)c3c(OC)cc(OC)c(-c4cccc(F)c4)c3oc2c1OC. The standard InChI is InChI=1S/C23H19FO6/c1-26-15-9-8-14-20(25)19-17(28-3)11-16(27-2)18(12-6-5-7-13(24)10-12)23(19)30-21(14)22(15)29-4/h5-11H,1-4H3. The molecule has 0 N–H and O–H groups in total. The van der Waals surface area contributed by atoms with Gasteiger partial charge in [-0.2, -0.15) is 0 Å². The van der Waals surface area contributed by atoms with Crippen LogP contribution in [0.1, 0.15) is 0 Å². The van der Waals surface area contributed by atoms with Crippen LogP contribution in [-0.2, 0) is 0 Å². The quantitative estimate of drug-likeness (QED) is 0.441. The molecule has 0 atom stereocenters. The van der Waals surface area contributed by atoms with Gasteiger partial charge >= 0.3 is 0 Å². The van der Waals surface area contributed by atoms with Crippen molar-refractivity contribution in [2.45, 2.75) is 0 Å². The van der Waals surface area contributed by atoms with E-state index < -0.39 is 5.82 Å². The van der Waals surface area contributed by atoms with Gasteiger partial charge in [-0.3, -0.25) is 4.79 Å². The van der Waals surface area contributed by atoms with Crippen molar-refractivity contribution in [1.29, 1.82) is 0 Å². The van der Waals surface area contributed by atoms with Crippen molar-refractivity contribution in [3.05, 3.63) is 58.5 Å². The number of fused-ring (bicyclic) bond motifs is 2. The van der Waals surface area contributed by atoms with E-state index >= 15 is 0 Å². The van der Waals surface area contributed by atoms with Crippen molar-refractivity contribution in [3.8, 4) is 34.1 Å². The van der Waals surface area contributed by atoms with E-state index in [1.807, 2.05) is 0 Å². The number of hydrogen-bond acceptors (Lipinski definition) is 6. The fourth-order valence-electron chi connectivity index (χ4n) is 3.58. The van der Waals surface area contributed by atoms with Gasteiger partial charge in [0.1, 0.15) is 22.7 Å². The molecular weight excluding hydrogens is 391 g/mol. The maximum atomic E-state index is 14.0. The fourth-order valence-corrected chi connectivity index (χ4v) is 3.58. The molecule has 0 saturated carbocycles. The monoisotopic (exact) mass is 410 g/mol. The van der Waals surface area contributed by atoms with Crippen molar-refractivity contribution in [3.63, 3.8) is 0 Å². The molecule has 4 aromatic rings. The van der Waals surface area contributed by atoms with Crippen LogP contribution in [0.3, 0.4) is 0 Å². The number of hydrogen-bond donors (Lipinski definition) is 0. The second-order valence-corrected chi connectivity index (χ2v) is 6.48. The second-order valence-electron chi connectivity index (χ2n) is 6.48. The molecule has 4 rings (SSSR count). The van der Waals surface area contributed by atoms with E-state index in [9.17, 15) is 9.18 Å². The second kappa shape index (κ2) is 7.59. The molecule has 1 heterocycles. The third-order valence-corrected chi connectivity index (χ3v) is 4.94. The number of rotatable bonds is 5. The predicted octanol–water partition coefficient (Wildman–Crippen LogP) is 4.79. The van der Waals surface area contributed by atoms with Crippen molar-refractivity contribution in [1.82, 2.24) is 0 Å². The van der Waals surface area contributed by atoms with Crippen LogP contribution in [0, 0.1) is 5.82 Å². The summed E-state index contributed by atoms with van der Waals surface area (Å²) in [5, 5.41) is 0.520. The van der Waals surface area contributed by atoms with E-state index in [1.54, 1.807) is 30.3 Å². The Hall–Kier alpha value is -3.74. The molecule has 0 unspecified atom stereocenters. The summed E-state index contributed by atoms with van der Waals surface area (Å²) in [6.07, 6.45) is 0. The first-order valence-corrected chi connectivity index (χ1v) is 9.06. The van der Waals surface area contributed by atoms with E-state index in [0.717, 1.165) is 0 Å². The minimum atomic E-state index is -0.430. The minimum Gasteiger partial charge on any atom is -0.496 e. The Kier molecular flexibility index (Phi) is 4.95. The van der Waals surface area contributed by atoms with Gasteiger partial charge in [0.25, 0.3) is 0 Å². The maximum Gasteiger partial charge on any atom is 0.204 e. The van der Waals surface area contributed by atoms with Crippen LogP contribution in [0.15, 0.2) is 51.7 Å². The summed E-state index contributed by atoms with van der Waals surface area (Å²) >= 11 is 0. The Morgan fingerprint density at radius 3 is 2.17 bits per heavy atom. The van der Waals surface area contributed by atoms with Crippen molar-refractivity contribution in [2.75, 3.05) is 28.4 Å². The zero-order chi connectivity index (χ0) is 21.4. The highest BCUT2D eigenvalue weighted by molar-refractivity contribution is 6.04. The summed E-state index contributed by atoms with van der Waals surface area (Å²) in [6.45, 7) is 0. The molecule has 0 saturated heterocycles. The van der Waals surface area contributed by atoms with E-state index in [1.165, 1.54) is 40.6 Å². The molecule has 0 amide bonds. The number of halogens is 1. The highest BCUT2D eigenvalue weighted by Crippen LogP contribution is 2.44. The Bertz CT molecular complexity index is 1330. The lowest BCUT2D eigenvalue weighted by Gasteiger charge is -2.16. The van der Waals surface area contributed by atoms with Crippen LogP contribution in [0.25, 0.3) is 33.1 Å². The first-order chi connectivity index (χ1) is 14.5. The Morgan fingerprint density at radius 2 is 1.53 bits per heavy atom. The molecule has 0 fully saturated rings. The molecule has 7 heteroatoms. The Labute approximate surface area is 171 Å². The molecule has 0 radical (unpaired) electrons. The van der Waals surface area contributed by atoms with Crippen LogP contribution in [0.4, 0.5) is 4.39 Å². The highest BCUT2D eigenvalue weighted by Gasteiger charge is 2.24. The molecule has 0 bridgehead atoms. The van der Waals surface area contributed by atoms with Gasteiger partial charge in [-0.05, 0) is 29.8 Å². The van der Waals surface area contributed by atoms with Crippen molar-refractivity contribution in [2.24, 2.45) is 0 Å². The third-order valence-electron chi connectivity index (χ3n) is 4.94. The van der Waals surface area contributed by atoms with Gasteiger partial charge in [0.05, 0.1) is 39.4 Å². The van der Waals surface area contributed by atoms with Gasteiger partial charge in [0.15, 0.2) is 16.9 Å². The Morgan fingerprint density at radius 1 is 0.800 bits per heavy atom. The molecule has 1 aromatic heterocycles. The predicted molar refractivity (Wildman–Crippen MR) is 112 cm³/mol. The molecule has 6 nitrogen and oxygen atoms in total. The highest BCUT2D eigenvalue weighted by atomic mass is 19.1. The van der Waals surface area contributed by atoms with Crippen molar-refractivity contribution < 1.29 is 27.8 Å². The molecule has 0 aliphatic heterocycles. The lowest BCUT2D eigenvalue weighted by Crippen LogP contribution is -2.07. The summed E-state index contributed by atoms with van der Waals surface area (Å²) in [4.78, 5) is 13.4. The molecule has 0 aliphatic carbocycles. The summed E-state index contributed by atoms with van der Waals surface area (Å²) < 4.78 is 42.0. The van der Waals surface area contributed by atoms with E-state index in [4.69, 9.17) is 23.4 Å². The molecule has 0 aliphatic rings. The van der Waals surface area contributed by atoms with Crippen LogP contribution < -0.4 is 24.4 Å². The third kappa shape index (κ3) is 2.90. The summed E-state index contributed by atoms with van der Waals surface area (Å²) in [7, 11) is 5.88. The van der Waals surface area contributed by atoms with Crippen LogP contribution in [0.2, 0.25) is 0 Å². The van der Waals surface area contributed by atoms with Crippen LogP contribution in [-0.4, -0.2) is 28.4 Å². The normalized spacial score (nSPS) is 11.0. The number of methoxy groups -OCH3 is 4. The van der Waals surface area contributed by atoms with Gasteiger partial charge < -0.3 is 23.4 Å². The average molecular weight is 410 g/mol. The van der Waals surface area contributed by atoms with E-state index in [-0.39, 0.29) is 33.5 Å². The number of benzene rings is 3. The molecule has 30 heavy (non-hydrogen) atoms. The largest absolute Gasteiger partial charge is 0.496 e. The Balaban J connectivity index is 2.27. The topological polar surface area (TPSA) is 67.1 Å². The maximum absolute atomic E-state index is 14.0. The average Bonchev–Trinajstić information content (AvgIpc) is 2.77. The first kappa shape index (κ1) is 19.6. The minimum absolute atomic E-state index is 0.195. The molecule has 154 valence electrons. The smallest absolute Gasteiger partial charge is 0.204 e. The van der Waals surface area contributed by atoms with E-state index in [0.29, 0.717) is 28.0 Å². The summed E-state index contributed by atoms with van der Waals surface area (Å²) in [5.74, 6) is 0.915. The van der Waals surface area contributed by atoms with Gasteiger partial charge in [-0.25, -0.2) is 4.39 Å². The lowest BCUT2D eigenvalue weighted by atomic mass is 9.99. The van der Waals surface area contributed by atoms with Gasteiger partial charge in [0, 0.05) is 6.07 Å². The zero-order valence-electron chi connectivity index (χ0n) is 16.9. The molecule has 3 aromatic carbocycles. The molecule has 0 spiro atoms. The molecular formula is C23H19FO6. The van der Waals surface area contributed by atoms with Gasteiger partial charge in [0.2, 0.25) is 11.2 Å². The van der Waals surface area contributed by atoms with E-state index in [2.05, 4.69) is 0 Å². The summed E-state index contributed by atoms with van der Waals surface area (Å²) in [6, 6.07) is 10.8. The first-order valence-electron chi connectivity index (χ1n) is 9.06. The number of ether oxygens (including phenoxy) is 4. The summed E-state index contributed by atoms with van der Waals surface area (Å²) in [5.41, 5.74) is 1.01.